The Balaban J connectivity index is 1.41. The number of rotatable bonds is 4. The van der Waals surface area contributed by atoms with E-state index in [1.807, 2.05) is 42.5 Å². The normalized spacial score (nSPS) is 18.7. The van der Waals surface area contributed by atoms with Crippen molar-refractivity contribution >= 4 is 12.1 Å². The highest BCUT2D eigenvalue weighted by Crippen LogP contribution is 2.45. The molecule has 5 rings (SSSR count). The smallest absolute Gasteiger partial charge is 0.410 e. The SMILES string of the molecule is CN(C(=O)OCC1c2ccccc2-c2ccccc21)C1(C(=O)O)CCc2ccccc21. The van der Waals surface area contributed by atoms with Crippen LogP contribution < -0.4 is 0 Å². The van der Waals surface area contributed by atoms with Crippen molar-refractivity contribution in [1.82, 2.24) is 4.90 Å². The highest BCUT2D eigenvalue weighted by atomic mass is 16.6. The van der Waals surface area contributed by atoms with E-state index in [1.165, 1.54) is 11.9 Å². The van der Waals surface area contributed by atoms with E-state index in [1.54, 1.807) is 6.07 Å². The Kier molecular flexibility index (Phi) is 4.54. The van der Waals surface area contributed by atoms with Gasteiger partial charge in [-0.25, -0.2) is 9.59 Å². The molecule has 3 aromatic rings. The highest BCUT2D eigenvalue weighted by Gasteiger charge is 2.51. The lowest BCUT2D eigenvalue weighted by molar-refractivity contribution is -0.150. The number of hydrogen-bond acceptors (Lipinski definition) is 3. The van der Waals surface area contributed by atoms with E-state index >= 15 is 0 Å². The topological polar surface area (TPSA) is 66.8 Å². The summed E-state index contributed by atoms with van der Waals surface area (Å²) in [6.45, 7) is 0.161. The molecule has 0 fully saturated rings. The summed E-state index contributed by atoms with van der Waals surface area (Å²) in [5.74, 6) is -1.10. The first-order valence-electron chi connectivity index (χ1n) is 10.4. The third-order valence-corrected chi connectivity index (χ3v) is 6.76. The summed E-state index contributed by atoms with van der Waals surface area (Å²) in [5.41, 5.74) is 4.77. The van der Waals surface area contributed by atoms with Crippen LogP contribution in [0.15, 0.2) is 72.8 Å². The van der Waals surface area contributed by atoms with E-state index in [0.717, 1.165) is 27.8 Å². The van der Waals surface area contributed by atoms with Crippen LogP contribution in [0, 0.1) is 0 Å². The Morgan fingerprint density at radius 3 is 2.19 bits per heavy atom. The molecule has 5 heteroatoms. The van der Waals surface area contributed by atoms with E-state index in [9.17, 15) is 14.7 Å². The van der Waals surface area contributed by atoms with Crippen molar-refractivity contribution in [3.05, 3.63) is 95.1 Å². The first-order valence-corrected chi connectivity index (χ1v) is 10.4. The van der Waals surface area contributed by atoms with Crippen molar-refractivity contribution in [3.8, 4) is 11.1 Å². The van der Waals surface area contributed by atoms with Gasteiger partial charge >= 0.3 is 12.1 Å². The van der Waals surface area contributed by atoms with Gasteiger partial charge in [-0.05, 0) is 46.2 Å². The third kappa shape index (κ3) is 2.84. The standard InChI is InChI=1S/C26H23NO4/c1-27(26(24(28)29)15-14-17-8-2-7-13-23(17)26)25(30)31-16-22-20-11-5-3-9-18(20)19-10-4-6-12-21(19)22/h2-13,22H,14-16H2,1H3,(H,28,29). The van der Waals surface area contributed by atoms with Gasteiger partial charge in [0.15, 0.2) is 5.54 Å². The van der Waals surface area contributed by atoms with E-state index in [-0.39, 0.29) is 12.5 Å². The molecule has 156 valence electrons. The number of nitrogens with zero attached hydrogens (tertiary/aromatic N) is 1. The average Bonchev–Trinajstić information content (AvgIpc) is 3.34. The van der Waals surface area contributed by atoms with Crippen LogP contribution in [0.25, 0.3) is 11.1 Å². The summed E-state index contributed by atoms with van der Waals surface area (Å²) >= 11 is 0. The van der Waals surface area contributed by atoms with Gasteiger partial charge < -0.3 is 9.84 Å². The number of carboxylic acid groups (broad SMARTS) is 1. The zero-order chi connectivity index (χ0) is 21.6. The van der Waals surface area contributed by atoms with Crippen LogP contribution in [0.1, 0.15) is 34.6 Å². The molecule has 0 spiro atoms. The van der Waals surface area contributed by atoms with Crippen LogP contribution in [-0.4, -0.2) is 35.7 Å². The van der Waals surface area contributed by atoms with Crippen LogP contribution in [0.2, 0.25) is 0 Å². The number of aryl methyl sites for hydroxylation is 1. The van der Waals surface area contributed by atoms with Crippen molar-refractivity contribution < 1.29 is 19.4 Å². The molecule has 0 aromatic heterocycles. The number of fused-ring (bicyclic) bond motifs is 4. The van der Waals surface area contributed by atoms with Crippen molar-refractivity contribution in [1.29, 1.82) is 0 Å². The minimum absolute atomic E-state index is 0.0682. The molecule has 2 aliphatic carbocycles. The van der Waals surface area contributed by atoms with E-state index in [0.29, 0.717) is 18.4 Å². The van der Waals surface area contributed by atoms with Gasteiger partial charge in [0, 0.05) is 13.0 Å². The van der Waals surface area contributed by atoms with Crippen molar-refractivity contribution in [3.63, 3.8) is 0 Å². The predicted molar refractivity (Wildman–Crippen MR) is 117 cm³/mol. The summed E-state index contributed by atoms with van der Waals surface area (Å²) in [6.07, 6.45) is 0.326. The molecule has 31 heavy (non-hydrogen) atoms. The first kappa shape index (κ1) is 19.4. The molecular weight excluding hydrogens is 390 g/mol. The highest BCUT2D eigenvalue weighted by molar-refractivity contribution is 5.87. The molecule has 0 saturated heterocycles. The zero-order valence-electron chi connectivity index (χ0n) is 17.2. The molecule has 0 aliphatic heterocycles. The van der Waals surface area contributed by atoms with Gasteiger partial charge in [0.05, 0.1) is 0 Å². The van der Waals surface area contributed by atoms with Gasteiger partial charge in [0.2, 0.25) is 0 Å². The third-order valence-electron chi connectivity index (χ3n) is 6.76. The van der Waals surface area contributed by atoms with Gasteiger partial charge in [0.1, 0.15) is 6.61 Å². The second-order valence-electron chi connectivity index (χ2n) is 8.19. The van der Waals surface area contributed by atoms with Crippen LogP contribution in [0.5, 0.6) is 0 Å². The van der Waals surface area contributed by atoms with Gasteiger partial charge in [0.25, 0.3) is 0 Å². The second kappa shape index (κ2) is 7.27. The fourth-order valence-electron chi connectivity index (χ4n) is 5.15. The number of carbonyl (C=O) groups excluding carboxylic acids is 1. The molecular formula is C26H23NO4. The number of likely N-dealkylation sites (N-methyl/N-ethyl adjacent to an activating group) is 1. The minimum atomic E-state index is -1.40. The first-order chi connectivity index (χ1) is 15.0. The zero-order valence-corrected chi connectivity index (χ0v) is 17.2. The number of ether oxygens (including phenoxy) is 1. The van der Waals surface area contributed by atoms with E-state index in [4.69, 9.17) is 4.74 Å². The maximum absolute atomic E-state index is 13.1. The predicted octanol–water partition coefficient (Wildman–Crippen LogP) is 4.79. The Labute approximate surface area is 180 Å². The van der Waals surface area contributed by atoms with Gasteiger partial charge in [-0.15, -0.1) is 0 Å². The fourth-order valence-corrected chi connectivity index (χ4v) is 5.15. The number of hydrogen-bond donors (Lipinski definition) is 1. The Hall–Kier alpha value is -3.60. The fraction of sp³-hybridized carbons (Fsp3) is 0.231. The van der Waals surface area contributed by atoms with Crippen LogP contribution >= 0.6 is 0 Å². The summed E-state index contributed by atoms with van der Waals surface area (Å²) in [4.78, 5) is 26.7. The largest absolute Gasteiger partial charge is 0.479 e. The summed E-state index contributed by atoms with van der Waals surface area (Å²) < 4.78 is 5.73. The van der Waals surface area contributed by atoms with Gasteiger partial charge in [-0.3, -0.25) is 4.90 Å². The average molecular weight is 413 g/mol. The molecule has 1 unspecified atom stereocenters. The van der Waals surface area contributed by atoms with E-state index < -0.39 is 17.6 Å². The number of aliphatic carboxylic acids is 1. The summed E-state index contributed by atoms with van der Waals surface area (Å²) in [6, 6.07) is 23.7. The van der Waals surface area contributed by atoms with Crippen molar-refractivity contribution in [2.45, 2.75) is 24.3 Å². The van der Waals surface area contributed by atoms with Crippen LogP contribution in [0.4, 0.5) is 4.79 Å². The van der Waals surface area contributed by atoms with E-state index in [2.05, 4.69) is 24.3 Å². The molecule has 5 nitrogen and oxygen atoms in total. The summed E-state index contributed by atoms with van der Waals surface area (Å²) in [5, 5.41) is 10.1. The maximum Gasteiger partial charge on any atom is 0.410 e. The molecule has 2 aliphatic rings. The monoisotopic (exact) mass is 413 g/mol. The molecule has 0 saturated carbocycles. The quantitative estimate of drug-likeness (QED) is 0.668. The Morgan fingerprint density at radius 2 is 1.55 bits per heavy atom. The van der Waals surface area contributed by atoms with Crippen LogP contribution in [-0.2, 0) is 21.5 Å². The molecule has 1 N–H and O–H groups in total. The molecule has 1 amide bonds. The molecule has 3 aromatic carbocycles. The van der Waals surface area contributed by atoms with Crippen molar-refractivity contribution in [2.75, 3.05) is 13.7 Å². The molecule has 0 radical (unpaired) electrons. The minimum Gasteiger partial charge on any atom is -0.479 e. The number of amides is 1. The molecule has 1 atom stereocenters. The van der Waals surface area contributed by atoms with Gasteiger partial charge in [-0.1, -0.05) is 72.8 Å². The number of carbonyl (C=O) groups is 2. The second-order valence-corrected chi connectivity index (χ2v) is 8.19. The van der Waals surface area contributed by atoms with Crippen molar-refractivity contribution in [2.24, 2.45) is 0 Å². The Morgan fingerprint density at radius 1 is 0.968 bits per heavy atom. The lowest BCUT2D eigenvalue weighted by Crippen LogP contribution is -2.51. The lowest BCUT2D eigenvalue weighted by Gasteiger charge is -2.35. The Bertz CT molecular complexity index is 1140. The molecule has 0 heterocycles. The maximum atomic E-state index is 13.1. The van der Waals surface area contributed by atoms with Gasteiger partial charge in [-0.2, -0.15) is 0 Å². The number of carboxylic acids is 1. The molecule has 0 bridgehead atoms. The lowest BCUT2D eigenvalue weighted by atomic mass is 9.90. The number of benzene rings is 3. The summed E-state index contributed by atoms with van der Waals surface area (Å²) in [7, 11) is 1.52. The van der Waals surface area contributed by atoms with Crippen LogP contribution in [0.3, 0.4) is 0 Å².